The first-order valence-electron chi connectivity index (χ1n) is 7.35. The first-order chi connectivity index (χ1) is 9.97. The van der Waals surface area contributed by atoms with Gasteiger partial charge in [-0.25, -0.2) is 13.6 Å². The average molecular weight is 312 g/mol. The van der Waals surface area contributed by atoms with E-state index in [1.54, 1.807) is 12.1 Å². The molecule has 5 N–H and O–H groups in total. The normalized spacial score (nSPS) is 17.4. The monoisotopic (exact) mass is 312 g/mol. The summed E-state index contributed by atoms with van der Waals surface area (Å²) in [6.07, 6.45) is 5.21. The van der Waals surface area contributed by atoms with Crippen molar-refractivity contribution in [3.63, 3.8) is 0 Å². The summed E-state index contributed by atoms with van der Waals surface area (Å²) in [5.41, 5.74) is 6.73. The first kappa shape index (κ1) is 16.1. The van der Waals surface area contributed by atoms with Gasteiger partial charge in [0.1, 0.15) is 4.90 Å². The molecule has 0 bridgehead atoms. The Hall–Kier alpha value is -1.31. The molecular formula is C14H24N4O2S. The van der Waals surface area contributed by atoms with Gasteiger partial charge in [0, 0.05) is 18.8 Å². The molecule has 1 aliphatic rings. The second kappa shape index (κ2) is 7.11. The van der Waals surface area contributed by atoms with E-state index < -0.39 is 10.0 Å². The fraction of sp³-hybridized carbons (Fsp3) is 0.571. The molecular weight excluding hydrogens is 288 g/mol. The molecule has 0 spiro atoms. The first-order valence-corrected chi connectivity index (χ1v) is 8.90. The molecule has 0 amide bonds. The van der Waals surface area contributed by atoms with Crippen molar-refractivity contribution >= 4 is 21.4 Å². The Morgan fingerprint density at radius 2 is 1.81 bits per heavy atom. The van der Waals surface area contributed by atoms with E-state index in [2.05, 4.69) is 10.2 Å². The Bertz CT molecular complexity index is 566. The van der Waals surface area contributed by atoms with Crippen LogP contribution in [-0.4, -0.2) is 39.5 Å². The maximum atomic E-state index is 11.3. The molecule has 1 heterocycles. The summed E-state index contributed by atoms with van der Waals surface area (Å²) >= 11 is 0. The average Bonchev–Trinajstić information content (AvgIpc) is 2.66. The standard InChI is InChI=1S/C14H24N4O2S/c15-13-11-12(5-6-14(13)21(16,19)20)17-7-10-18-8-3-1-2-4-9-18/h5-6,11,17H,1-4,7-10,15H2,(H2,16,19,20). The summed E-state index contributed by atoms with van der Waals surface area (Å²) in [5.74, 6) is 0. The molecule has 21 heavy (non-hydrogen) atoms. The van der Waals surface area contributed by atoms with Crippen LogP contribution in [0.1, 0.15) is 25.7 Å². The highest BCUT2D eigenvalue weighted by atomic mass is 32.2. The molecule has 0 aromatic heterocycles. The summed E-state index contributed by atoms with van der Waals surface area (Å²) in [5, 5.41) is 8.36. The van der Waals surface area contributed by atoms with Crippen LogP contribution in [0.5, 0.6) is 0 Å². The van der Waals surface area contributed by atoms with Gasteiger partial charge in [-0.2, -0.15) is 0 Å². The fourth-order valence-corrected chi connectivity index (χ4v) is 3.28. The number of nitrogens with zero attached hydrogens (tertiary/aromatic N) is 1. The maximum Gasteiger partial charge on any atom is 0.240 e. The Morgan fingerprint density at radius 1 is 1.14 bits per heavy atom. The summed E-state index contributed by atoms with van der Waals surface area (Å²) in [4.78, 5) is 2.43. The Kier molecular flexibility index (Phi) is 5.44. The van der Waals surface area contributed by atoms with Crippen molar-refractivity contribution in [2.24, 2.45) is 5.14 Å². The van der Waals surface area contributed by atoms with Crippen LogP contribution in [0.15, 0.2) is 23.1 Å². The molecule has 0 saturated carbocycles. The minimum Gasteiger partial charge on any atom is -0.398 e. The number of nitrogen functional groups attached to an aromatic ring is 1. The number of benzene rings is 1. The van der Waals surface area contributed by atoms with Gasteiger partial charge < -0.3 is 16.0 Å². The van der Waals surface area contributed by atoms with E-state index in [9.17, 15) is 8.42 Å². The fourth-order valence-electron chi connectivity index (χ4n) is 2.64. The molecule has 2 rings (SSSR count). The van der Waals surface area contributed by atoms with Crippen molar-refractivity contribution in [2.45, 2.75) is 30.6 Å². The van der Waals surface area contributed by atoms with E-state index >= 15 is 0 Å². The largest absolute Gasteiger partial charge is 0.398 e. The van der Waals surface area contributed by atoms with E-state index in [0.717, 1.165) is 31.9 Å². The predicted octanol–water partition coefficient (Wildman–Crippen LogP) is 1.20. The number of likely N-dealkylation sites (tertiary alicyclic amines) is 1. The number of nitrogens with one attached hydrogen (secondary N) is 1. The molecule has 118 valence electrons. The van der Waals surface area contributed by atoms with Gasteiger partial charge in [-0.3, -0.25) is 0 Å². The summed E-state index contributed by atoms with van der Waals surface area (Å²) in [6, 6.07) is 4.75. The van der Waals surface area contributed by atoms with Crippen LogP contribution >= 0.6 is 0 Å². The number of sulfonamides is 1. The number of hydrogen-bond acceptors (Lipinski definition) is 5. The van der Waals surface area contributed by atoms with Gasteiger partial charge in [-0.1, -0.05) is 12.8 Å². The van der Waals surface area contributed by atoms with Crippen LogP contribution in [0.2, 0.25) is 0 Å². The molecule has 1 fully saturated rings. The zero-order chi connectivity index (χ0) is 15.3. The highest BCUT2D eigenvalue weighted by Gasteiger charge is 2.12. The summed E-state index contributed by atoms with van der Waals surface area (Å²) in [7, 11) is -3.75. The van der Waals surface area contributed by atoms with E-state index in [0.29, 0.717) is 0 Å². The Balaban J connectivity index is 1.87. The third kappa shape index (κ3) is 4.87. The van der Waals surface area contributed by atoms with E-state index in [-0.39, 0.29) is 10.6 Å². The lowest BCUT2D eigenvalue weighted by atomic mass is 10.2. The molecule has 0 unspecified atom stereocenters. The number of anilines is 2. The molecule has 1 aromatic rings. The van der Waals surface area contributed by atoms with Crippen LogP contribution in [0.3, 0.4) is 0 Å². The smallest absolute Gasteiger partial charge is 0.240 e. The van der Waals surface area contributed by atoms with Crippen molar-refractivity contribution in [3.05, 3.63) is 18.2 Å². The molecule has 0 atom stereocenters. The third-order valence-electron chi connectivity index (χ3n) is 3.77. The molecule has 1 saturated heterocycles. The van der Waals surface area contributed by atoms with Crippen molar-refractivity contribution in [1.82, 2.24) is 4.90 Å². The van der Waals surface area contributed by atoms with Gasteiger partial charge in [0.2, 0.25) is 10.0 Å². The van der Waals surface area contributed by atoms with Gasteiger partial charge >= 0.3 is 0 Å². The van der Waals surface area contributed by atoms with E-state index in [4.69, 9.17) is 10.9 Å². The molecule has 6 nitrogen and oxygen atoms in total. The molecule has 0 radical (unpaired) electrons. The zero-order valence-electron chi connectivity index (χ0n) is 12.2. The second-order valence-corrected chi connectivity index (χ2v) is 7.01. The van der Waals surface area contributed by atoms with Crippen molar-refractivity contribution < 1.29 is 8.42 Å². The van der Waals surface area contributed by atoms with E-state index in [1.165, 1.54) is 31.7 Å². The second-order valence-electron chi connectivity index (χ2n) is 5.48. The Morgan fingerprint density at radius 3 is 2.38 bits per heavy atom. The van der Waals surface area contributed by atoms with Crippen molar-refractivity contribution in [1.29, 1.82) is 0 Å². The molecule has 1 aromatic carbocycles. The topological polar surface area (TPSA) is 101 Å². The third-order valence-corrected chi connectivity index (χ3v) is 4.76. The van der Waals surface area contributed by atoms with Gasteiger partial charge in [-0.05, 0) is 44.1 Å². The van der Waals surface area contributed by atoms with Gasteiger partial charge in [0.25, 0.3) is 0 Å². The highest BCUT2D eigenvalue weighted by Crippen LogP contribution is 2.21. The van der Waals surface area contributed by atoms with Crippen LogP contribution in [0, 0.1) is 0 Å². The van der Waals surface area contributed by atoms with Crippen LogP contribution in [0.25, 0.3) is 0 Å². The molecule has 1 aliphatic heterocycles. The van der Waals surface area contributed by atoms with E-state index in [1.807, 2.05) is 0 Å². The summed E-state index contributed by atoms with van der Waals surface area (Å²) in [6.45, 7) is 4.12. The van der Waals surface area contributed by atoms with Crippen LogP contribution in [0.4, 0.5) is 11.4 Å². The van der Waals surface area contributed by atoms with Crippen LogP contribution in [-0.2, 0) is 10.0 Å². The van der Waals surface area contributed by atoms with Crippen molar-refractivity contribution in [3.8, 4) is 0 Å². The number of primary sulfonamides is 1. The van der Waals surface area contributed by atoms with Crippen LogP contribution < -0.4 is 16.2 Å². The lowest BCUT2D eigenvalue weighted by molar-refractivity contribution is 0.296. The predicted molar refractivity (Wildman–Crippen MR) is 85.6 cm³/mol. The lowest BCUT2D eigenvalue weighted by Crippen LogP contribution is -2.30. The quantitative estimate of drug-likeness (QED) is 0.709. The zero-order valence-corrected chi connectivity index (χ0v) is 13.0. The van der Waals surface area contributed by atoms with Gasteiger partial charge in [0.05, 0.1) is 5.69 Å². The minimum atomic E-state index is -3.75. The van der Waals surface area contributed by atoms with Gasteiger partial charge in [0.15, 0.2) is 0 Å². The SMILES string of the molecule is Nc1cc(NCCN2CCCCCC2)ccc1S(N)(=O)=O. The number of nitrogens with two attached hydrogens (primary N) is 2. The Labute approximate surface area is 126 Å². The molecule has 0 aliphatic carbocycles. The molecule has 7 heteroatoms. The summed E-state index contributed by atoms with van der Waals surface area (Å²) < 4.78 is 22.6. The minimum absolute atomic E-state index is 0.0273. The van der Waals surface area contributed by atoms with Crippen molar-refractivity contribution in [2.75, 3.05) is 37.2 Å². The van der Waals surface area contributed by atoms with Gasteiger partial charge in [-0.15, -0.1) is 0 Å². The number of hydrogen-bond donors (Lipinski definition) is 3. The number of rotatable bonds is 5. The maximum absolute atomic E-state index is 11.3. The highest BCUT2D eigenvalue weighted by molar-refractivity contribution is 7.89. The lowest BCUT2D eigenvalue weighted by Gasteiger charge is -2.20.